The molecule has 2 rings (SSSR count). The van der Waals surface area contributed by atoms with Gasteiger partial charge in [-0.05, 0) is 0 Å². The fourth-order valence-corrected chi connectivity index (χ4v) is 1.43. The predicted octanol–water partition coefficient (Wildman–Crippen LogP) is 0.424. The van der Waals surface area contributed by atoms with Crippen molar-refractivity contribution in [2.75, 3.05) is 19.8 Å². The molecule has 2 N–H and O–H groups in total. The quantitative estimate of drug-likeness (QED) is 0.690. The zero-order chi connectivity index (χ0) is 10.8. The van der Waals surface area contributed by atoms with Gasteiger partial charge >= 0.3 is 5.97 Å². The van der Waals surface area contributed by atoms with Crippen molar-refractivity contribution in [3.05, 3.63) is 22.6 Å². The molecular formula is C9H10ClNO4. The largest absolute Gasteiger partial charge is 0.485 e. The lowest BCUT2D eigenvalue weighted by Crippen LogP contribution is -2.37. The number of carboxylic acid groups (broad SMARTS) is 1. The number of halogens is 1. The number of rotatable bonds is 3. The molecule has 6 heteroatoms. The lowest BCUT2D eigenvalue weighted by Gasteiger charge is -2.29. The van der Waals surface area contributed by atoms with E-state index in [0.717, 1.165) is 0 Å². The highest BCUT2D eigenvalue weighted by molar-refractivity contribution is 6.29. The fourth-order valence-electron chi connectivity index (χ4n) is 1.26. The first-order valence-corrected chi connectivity index (χ1v) is 4.86. The Bertz CT molecular complexity index is 346. The van der Waals surface area contributed by atoms with E-state index in [4.69, 9.17) is 26.2 Å². The minimum atomic E-state index is -1.00. The molecule has 1 saturated heterocycles. The van der Waals surface area contributed by atoms with Gasteiger partial charge in [-0.3, -0.25) is 0 Å². The molecule has 0 bridgehead atoms. The number of aliphatic carboxylic acids is 1. The van der Waals surface area contributed by atoms with Crippen molar-refractivity contribution < 1.29 is 19.4 Å². The summed E-state index contributed by atoms with van der Waals surface area (Å²) in [5.41, 5.74) is 0.186. The normalized spacial score (nSPS) is 21.5. The van der Waals surface area contributed by atoms with Crippen molar-refractivity contribution in [2.45, 2.75) is 6.10 Å². The third kappa shape index (κ3) is 2.24. The minimum Gasteiger partial charge on any atom is -0.485 e. The second kappa shape index (κ2) is 4.12. The van der Waals surface area contributed by atoms with Gasteiger partial charge in [-0.15, -0.1) is 0 Å². The Balaban J connectivity index is 2.16. The Hall–Kier alpha value is -1.20. The van der Waals surface area contributed by atoms with Gasteiger partial charge in [0.1, 0.15) is 17.0 Å². The molecule has 1 fully saturated rings. The number of ether oxygens (including phenoxy) is 2. The van der Waals surface area contributed by atoms with E-state index in [1.165, 1.54) is 6.08 Å². The molecule has 0 aromatic rings. The molecule has 0 radical (unpaired) electrons. The van der Waals surface area contributed by atoms with E-state index >= 15 is 0 Å². The molecule has 0 aromatic heterocycles. The Morgan fingerprint density at radius 1 is 1.67 bits per heavy atom. The van der Waals surface area contributed by atoms with Crippen LogP contribution in [0.3, 0.4) is 0 Å². The summed E-state index contributed by atoms with van der Waals surface area (Å²) in [6.07, 6.45) is 1.42. The lowest BCUT2D eigenvalue weighted by molar-refractivity contribution is -0.134. The number of nitrogens with one attached hydrogen (secondary N) is 1. The Labute approximate surface area is 91.3 Å². The minimum absolute atomic E-state index is 0.0619. The standard InChI is InChI=1S/C9H10ClNO4/c10-8-1-7(15-5-3-14-4-5)6(2-11-8)9(12)13/h1,5,11H,2-4H2,(H,12,13). The molecular weight excluding hydrogens is 222 g/mol. The maximum atomic E-state index is 10.9. The van der Waals surface area contributed by atoms with Gasteiger partial charge in [0, 0.05) is 6.08 Å². The summed E-state index contributed by atoms with van der Waals surface area (Å²) in [6.45, 7) is 1.16. The van der Waals surface area contributed by atoms with Crippen molar-refractivity contribution in [2.24, 2.45) is 0 Å². The van der Waals surface area contributed by atoms with E-state index in [0.29, 0.717) is 24.1 Å². The molecule has 0 unspecified atom stereocenters. The lowest BCUT2D eigenvalue weighted by atomic mass is 10.2. The summed E-state index contributed by atoms with van der Waals surface area (Å²) in [5.74, 6) is -0.683. The topological polar surface area (TPSA) is 67.8 Å². The zero-order valence-electron chi connectivity index (χ0n) is 7.83. The summed E-state index contributed by atoms with van der Waals surface area (Å²) in [5, 5.41) is 12.0. The van der Waals surface area contributed by atoms with Crippen LogP contribution in [0.5, 0.6) is 0 Å². The number of hydrogen-bond acceptors (Lipinski definition) is 4. The summed E-state index contributed by atoms with van der Waals surface area (Å²) >= 11 is 5.74. The third-order valence-corrected chi connectivity index (χ3v) is 2.39. The Morgan fingerprint density at radius 3 is 2.93 bits per heavy atom. The van der Waals surface area contributed by atoms with E-state index in [9.17, 15) is 4.79 Å². The summed E-state index contributed by atoms with van der Waals surface area (Å²) in [7, 11) is 0. The summed E-state index contributed by atoms with van der Waals surface area (Å²) in [6, 6.07) is 0. The second-order valence-corrected chi connectivity index (χ2v) is 3.68. The second-order valence-electron chi connectivity index (χ2n) is 3.27. The average Bonchev–Trinajstić information content (AvgIpc) is 2.11. The van der Waals surface area contributed by atoms with Crippen LogP contribution in [-0.4, -0.2) is 36.9 Å². The van der Waals surface area contributed by atoms with Crippen LogP contribution >= 0.6 is 11.6 Å². The molecule has 0 aliphatic carbocycles. The highest BCUT2D eigenvalue weighted by atomic mass is 35.5. The Morgan fingerprint density at radius 2 is 2.40 bits per heavy atom. The van der Waals surface area contributed by atoms with Gasteiger partial charge in [-0.25, -0.2) is 4.79 Å². The SMILES string of the molecule is O=C(O)C1=C(OC2COC2)C=C(Cl)NC1. The molecule has 82 valence electrons. The van der Waals surface area contributed by atoms with E-state index in [1.54, 1.807) is 0 Å². The molecule has 2 heterocycles. The predicted molar refractivity (Wildman–Crippen MR) is 52.3 cm³/mol. The molecule has 5 nitrogen and oxygen atoms in total. The van der Waals surface area contributed by atoms with Gasteiger partial charge in [-0.2, -0.15) is 0 Å². The van der Waals surface area contributed by atoms with Crippen molar-refractivity contribution in [1.82, 2.24) is 5.32 Å². The first-order chi connectivity index (χ1) is 7.16. The highest BCUT2D eigenvalue weighted by Crippen LogP contribution is 2.20. The van der Waals surface area contributed by atoms with Gasteiger partial charge in [0.05, 0.1) is 25.3 Å². The maximum Gasteiger partial charge on any atom is 0.337 e. The molecule has 0 amide bonds. The molecule has 15 heavy (non-hydrogen) atoms. The van der Waals surface area contributed by atoms with Gasteiger partial charge < -0.3 is 19.9 Å². The van der Waals surface area contributed by atoms with Crippen LogP contribution in [0, 0.1) is 0 Å². The van der Waals surface area contributed by atoms with Crippen molar-refractivity contribution in [1.29, 1.82) is 0 Å². The van der Waals surface area contributed by atoms with E-state index in [1.807, 2.05) is 0 Å². The first-order valence-electron chi connectivity index (χ1n) is 4.48. The summed E-state index contributed by atoms with van der Waals surface area (Å²) < 4.78 is 10.4. The van der Waals surface area contributed by atoms with Crippen LogP contribution in [0.2, 0.25) is 0 Å². The molecule has 0 atom stereocenters. The first kappa shape index (κ1) is 10.3. The van der Waals surface area contributed by atoms with Crippen molar-refractivity contribution >= 4 is 17.6 Å². The Kier molecular flexibility index (Phi) is 2.83. The molecule has 0 spiro atoms. The molecule has 0 saturated carbocycles. The number of carboxylic acids is 1. The van der Waals surface area contributed by atoms with Gasteiger partial charge in [0.15, 0.2) is 0 Å². The number of hydrogen-bond donors (Lipinski definition) is 2. The molecule has 2 aliphatic heterocycles. The zero-order valence-corrected chi connectivity index (χ0v) is 8.58. The smallest absolute Gasteiger partial charge is 0.337 e. The molecule has 2 aliphatic rings. The van der Waals surface area contributed by atoms with Crippen LogP contribution in [0.4, 0.5) is 0 Å². The van der Waals surface area contributed by atoms with Crippen molar-refractivity contribution in [3.63, 3.8) is 0 Å². The van der Waals surface area contributed by atoms with E-state index in [-0.39, 0.29) is 18.2 Å². The summed E-state index contributed by atoms with van der Waals surface area (Å²) in [4.78, 5) is 10.9. The van der Waals surface area contributed by atoms with Gasteiger partial charge in [0.2, 0.25) is 0 Å². The van der Waals surface area contributed by atoms with Crippen LogP contribution in [-0.2, 0) is 14.3 Å². The van der Waals surface area contributed by atoms with Crippen molar-refractivity contribution in [3.8, 4) is 0 Å². The van der Waals surface area contributed by atoms with Crippen LogP contribution < -0.4 is 5.32 Å². The average molecular weight is 232 g/mol. The fraction of sp³-hybridized carbons (Fsp3) is 0.444. The highest BCUT2D eigenvalue weighted by Gasteiger charge is 2.25. The number of allylic oxidation sites excluding steroid dienone is 1. The van der Waals surface area contributed by atoms with Crippen LogP contribution in [0.15, 0.2) is 22.6 Å². The van der Waals surface area contributed by atoms with Gasteiger partial charge in [0.25, 0.3) is 0 Å². The van der Waals surface area contributed by atoms with Crippen LogP contribution in [0.25, 0.3) is 0 Å². The monoisotopic (exact) mass is 231 g/mol. The number of carbonyl (C=O) groups is 1. The van der Waals surface area contributed by atoms with Gasteiger partial charge in [-0.1, -0.05) is 11.6 Å². The molecule has 0 aromatic carbocycles. The number of dihydropyridines is 1. The van der Waals surface area contributed by atoms with Crippen LogP contribution in [0.1, 0.15) is 0 Å². The third-order valence-electron chi connectivity index (χ3n) is 2.15. The maximum absolute atomic E-state index is 10.9. The van der Waals surface area contributed by atoms with E-state index < -0.39 is 5.97 Å². The van der Waals surface area contributed by atoms with E-state index in [2.05, 4.69) is 5.32 Å².